The third-order valence-corrected chi connectivity index (χ3v) is 4.12. The van der Waals surface area contributed by atoms with Crippen LogP contribution in [-0.4, -0.2) is 54.3 Å². The molecular weight excluding hydrogens is 298 g/mol. The van der Waals surface area contributed by atoms with E-state index in [0.29, 0.717) is 13.0 Å². The molecule has 2 rings (SSSR count). The highest BCUT2D eigenvalue weighted by Gasteiger charge is 2.39. The van der Waals surface area contributed by atoms with Crippen LogP contribution in [0, 0.1) is 13.8 Å². The third kappa shape index (κ3) is 4.22. The van der Waals surface area contributed by atoms with Crippen molar-refractivity contribution in [2.45, 2.75) is 38.8 Å². The van der Waals surface area contributed by atoms with E-state index < -0.39 is 12.0 Å². The first-order chi connectivity index (χ1) is 10.9. The van der Waals surface area contributed by atoms with Gasteiger partial charge >= 0.3 is 5.97 Å². The lowest BCUT2D eigenvalue weighted by Crippen LogP contribution is -2.41. The predicted octanol–water partition coefficient (Wildman–Crippen LogP) is 1.77. The molecule has 126 valence electrons. The number of methoxy groups -OCH3 is 1. The lowest BCUT2D eigenvalue weighted by molar-refractivity contribution is -0.148. The summed E-state index contributed by atoms with van der Waals surface area (Å²) in [5.41, 5.74) is 2.09. The molecule has 23 heavy (non-hydrogen) atoms. The topological polar surface area (TPSA) is 76.1 Å². The zero-order chi connectivity index (χ0) is 17.0. The summed E-state index contributed by atoms with van der Waals surface area (Å²) in [6.07, 6.45) is 0.253. The second-order valence-corrected chi connectivity index (χ2v) is 5.86. The smallest absolute Gasteiger partial charge is 0.326 e. The molecule has 1 amide bonds. The van der Waals surface area contributed by atoms with Gasteiger partial charge in [0.1, 0.15) is 11.8 Å². The predicted molar refractivity (Wildman–Crippen MR) is 84.6 cm³/mol. The molecule has 0 saturated carbocycles. The van der Waals surface area contributed by atoms with Crippen LogP contribution < -0.4 is 4.74 Å². The Balaban J connectivity index is 1.91. The zero-order valence-corrected chi connectivity index (χ0v) is 13.7. The number of hydrogen-bond acceptors (Lipinski definition) is 4. The number of aliphatic carboxylic acids is 1. The van der Waals surface area contributed by atoms with E-state index in [1.807, 2.05) is 32.0 Å². The molecule has 6 nitrogen and oxygen atoms in total. The van der Waals surface area contributed by atoms with Crippen LogP contribution in [0.5, 0.6) is 5.75 Å². The molecule has 0 radical (unpaired) electrons. The van der Waals surface area contributed by atoms with Gasteiger partial charge in [0.25, 0.3) is 0 Å². The summed E-state index contributed by atoms with van der Waals surface area (Å²) in [7, 11) is 1.53. The molecule has 1 heterocycles. The van der Waals surface area contributed by atoms with Crippen LogP contribution in [-0.2, 0) is 14.3 Å². The van der Waals surface area contributed by atoms with Crippen molar-refractivity contribution in [1.82, 2.24) is 4.90 Å². The summed E-state index contributed by atoms with van der Waals surface area (Å²) in [5.74, 6) is -0.459. The van der Waals surface area contributed by atoms with Crippen LogP contribution in [0.15, 0.2) is 18.2 Å². The molecule has 0 aliphatic carbocycles. The molecule has 1 N–H and O–H groups in total. The zero-order valence-electron chi connectivity index (χ0n) is 13.7. The van der Waals surface area contributed by atoms with Crippen molar-refractivity contribution in [2.24, 2.45) is 0 Å². The number of hydrogen-bond donors (Lipinski definition) is 1. The second-order valence-electron chi connectivity index (χ2n) is 5.86. The first-order valence-electron chi connectivity index (χ1n) is 7.67. The van der Waals surface area contributed by atoms with Gasteiger partial charge in [-0.3, -0.25) is 4.79 Å². The SMILES string of the molecule is COC1CC(C(=O)O)N(C(=O)CCOc2cc(C)ccc2C)C1. The van der Waals surface area contributed by atoms with Crippen LogP contribution in [0.4, 0.5) is 0 Å². The maximum Gasteiger partial charge on any atom is 0.326 e. The molecule has 1 saturated heterocycles. The molecule has 1 aliphatic rings. The van der Waals surface area contributed by atoms with E-state index in [9.17, 15) is 14.7 Å². The van der Waals surface area contributed by atoms with Gasteiger partial charge in [0.2, 0.25) is 5.91 Å². The molecule has 0 bridgehead atoms. The normalized spacial score (nSPS) is 20.6. The van der Waals surface area contributed by atoms with Crippen molar-refractivity contribution in [3.8, 4) is 5.75 Å². The average molecular weight is 321 g/mol. The van der Waals surface area contributed by atoms with Gasteiger partial charge in [-0.2, -0.15) is 0 Å². The molecule has 1 aromatic carbocycles. The fourth-order valence-corrected chi connectivity index (χ4v) is 2.73. The maximum atomic E-state index is 12.3. The number of ether oxygens (including phenoxy) is 2. The van der Waals surface area contributed by atoms with Crippen molar-refractivity contribution in [1.29, 1.82) is 0 Å². The number of nitrogens with zero attached hydrogens (tertiary/aromatic N) is 1. The van der Waals surface area contributed by atoms with Crippen molar-refractivity contribution >= 4 is 11.9 Å². The lowest BCUT2D eigenvalue weighted by atomic mass is 10.1. The minimum atomic E-state index is -0.992. The molecule has 1 aromatic rings. The van der Waals surface area contributed by atoms with Crippen molar-refractivity contribution in [2.75, 3.05) is 20.3 Å². The monoisotopic (exact) mass is 321 g/mol. The molecule has 0 aromatic heterocycles. The second kappa shape index (κ2) is 7.46. The summed E-state index contributed by atoms with van der Waals surface area (Å²) >= 11 is 0. The van der Waals surface area contributed by atoms with Crippen molar-refractivity contribution in [3.63, 3.8) is 0 Å². The minimum Gasteiger partial charge on any atom is -0.493 e. The Hall–Kier alpha value is -2.08. The Kier molecular flexibility index (Phi) is 5.60. The third-order valence-electron chi connectivity index (χ3n) is 4.12. The number of rotatable bonds is 6. The number of carboxylic acid groups (broad SMARTS) is 1. The van der Waals surface area contributed by atoms with Gasteiger partial charge in [-0.25, -0.2) is 4.79 Å². The Bertz CT molecular complexity index is 586. The fourth-order valence-electron chi connectivity index (χ4n) is 2.73. The summed E-state index contributed by atoms with van der Waals surface area (Å²) < 4.78 is 10.9. The Morgan fingerprint density at radius 3 is 2.74 bits per heavy atom. The van der Waals surface area contributed by atoms with Crippen LogP contribution in [0.25, 0.3) is 0 Å². The largest absolute Gasteiger partial charge is 0.493 e. The minimum absolute atomic E-state index is 0.146. The van der Waals surface area contributed by atoms with Crippen LogP contribution in [0.1, 0.15) is 24.0 Å². The summed E-state index contributed by atoms with van der Waals surface area (Å²) in [6, 6.07) is 5.08. The highest BCUT2D eigenvalue weighted by atomic mass is 16.5. The molecule has 6 heteroatoms. The molecule has 1 fully saturated rings. The van der Waals surface area contributed by atoms with Gasteiger partial charge in [-0.05, 0) is 31.0 Å². The number of carbonyl (C=O) groups excluding carboxylic acids is 1. The van der Waals surface area contributed by atoms with E-state index in [-0.39, 0.29) is 25.0 Å². The number of carbonyl (C=O) groups is 2. The van der Waals surface area contributed by atoms with Gasteiger partial charge in [0, 0.05) is 20.1 Å². The van der Waals surface area contributed by atoms with Gasteiger partial charge < -0.3 is 19.5 Å². The molecule has 1 aliphatic heterocycles. The van der Waals surface area contributed by atoms with Gasteiger partial charge in [-0.1, -0.05) is 12.1 Å². The Labute approximate surface area is 136 Å². The molecule has 2 unspecified atom stereocenters. The number of carboxylic acids is 1. The van der Waals surface area contributed by atoms with E-state index >= 15 is 0 Å². The van der Waals surface area contributed by atoms with Crippen molar-refractivity contribution < 1.29 is 24.2 Å². The van der Waals surface area contributed by atoms with Gasteiger partial charge in [-0.15, -0.1) is 0 Å². The van der Waals surface area contributed by atoms with E-state index in [4.69, 9.17) is 9.47 Å². The summed E-state index contributed by atoms with van der Waals surface area (Å²) in [5, 5.41) is 9.24. The quantitative estimate of drug-likeness (QED) is 0.864. The number of benzene rings is 1. The van der Waals surface area contributed by atoms with E-state index in [1.165, 1.54) is 12.0 Å². The highest BCUT2D eigenvalue weighted by Crippen LogP contribution is 2.22. The number of aryl methyl sites for hydroxylation is 2. The van der Waals surface area contributed by atoms with Crippen LogP contribution in [0.3, 0.4) is 0 Å². The molecule has 2 atom stereocenters. The number of likely N-dealkylation sites (tertiary alicyclic amines) is 1. The summed E-state index contributed by atoms with van der Waals surface area (Å²) in [4.78, 5) is 24.9. The molecular formula is C17H23NO5. The molecule has 0 spiro atoms. The van der Waals surface area contributed by atoms with E-state index in [1.54, 1.807) is 0 Å². The van der Waals surface area contributed by atoms with Gasteiger partial charge in [0.15, 0.2) is 0 Å². The fraction of sp³-hybridized carbons (Fsp3) is 0.529. The first-order valence-corrected chi connectivity index (χ1v) is 7.67. The standard InChI is InChI=1S/C17H23NO5/c1-11-4-5-12(2)15(8-11)23-7-6-16(19)18-10-13(22-3)9-14(18)17(20)21/h4-5,8,13-14H,6-7,9-10H2,1-3H3,(H,20,21). The van der Waals surface area contributed by atoms with Crippen molar-refractivity contribution in [3.05, 3.63) is 29.3 Å². The Morgan fingerprint density at radius 1 is 1.35 bits per heavy atom. The Morgan fingerprint density at radius 2 is 2.09 bits per heavy atom. The van der Waals surface area contributed by atoms with Crippen LogP contribution in [0.2, 0.25) is 0 Å². The van der Waals surface area contributed by atoms with E-state index in [0.717, 1.165) is 16.9 Å². The van der Waals surface area contributed by atoms with Crippen LogP contribution >= 0.6 is 0 Å². The first kappa shape index (κ1) is 17.3. The highest BCUT2D eigenvalue weighted by molar-refractivity contribution is 5.84. The lowest BCUT2D eigenvalue weighted by Gasteiger charge is -2.21. The summed E-state index contributed by atoms with van der Waals surface area (Å²) in [6.45, 7) is 4.46. The van der Waals surface area contributed by atoms with Gasteiger partial charge in [0.05, 0.1) is 19.1 Å². The number of amides is 1. The van der Waals surface area contributed by atoms with E-state index in [2.05, 4.69) is 0 Å². The average Bonchev–Trinajstić information content (AvgIpc) is 2.95. The maximum absolute atomic E-state index is 12.3.